The molecular formula is C12H17N3O2. The van der Waals surface area contributed by atoms with E-state index >= 15 is 0 Å². The molecule has 1 atom stereocenters. The summed E-state index contributed by atoms with van der Waals surface area (Å²) in [6, 6.07) is 5.88. The van der Waals surface area contributed by atoms with Crippen molar-refractivity contribution in [1.82, 2.24) is 5.32 Å². The fraction of sp³-hybridized carbons (Fsp3) is 0.417. The van der Waals surface area contributed by atoms with Gasteiger partial charge in [0.1, 0.15) is 5.75 Å². The van der Waals surface area contributed by atoms with E-state index in [1.54, 1.807) is 11.9 Å². The van der Waals surface area contributed by atoms with Crippen molar-refractivity contribution in [3.8, 4) is 5.75 Å². The SMILES string of the molecule is CNC(CN)c1ccc2c(c1)N(C)C(=O)CO2. The number of carbonyl (C=O) groups excluding carboxylic acids is 1. The van der Waals surface area contributed by atoms with Crippen molar-refractivity contribution in [2.75, 3.05) is 32.1 Å². The first kappa shape index (κ1) is 11.9. The summed E-state index contributed by atoms with van der Waals surface area (Å²) in [6.45, 7) is 0.614. The van der Waals surface area contributed by atoms with E-state index in [9.17, 15) is 4.79 Å². The van der Waals surface area contributed by atoms with Crippen LogP contribution in [0, 0.1) is 0 Å². The molecule has 92 valence electrons. The van der Waals surface area contributed by atoms with Crippen LogP contribution in [-0.2, 0) is 4.79 Å². The maximum Gasteiger partial charge on any atom is 0.264 e. The number of carbonyl (C=O) groups is 1. The van der Waals surface area contributed by atoms with Crippen LogP contribution < -0.4 is 20.7 Å². The molecule has 0 aromatic heterocycles. The van der Waals surface area contributed by atoms with Gasteiger partial charge in [-0.2, -0.15) is 0 Å². The smallest absolute Gasteiger partial charge is 0.264 e. The lowest BCUT2D eigenvalue weighted by Gasteiger charge is -2.27. The summed E-state index contributed by atoms with van der Waals surface area (Å²) in [4.78, 5) is 13.2. The third-order valence-corrected chi connectivity index (χ3v) is 3.06. The van der Waals surface area contributed by atoms with E-state index in [0.29, 0.717) is 6.54 Å². The Labute approximate surface area is 101 Å². The standard InChI is InChI=1S/C12H17N3O2/c1-14-9(6-13)8-3-4-11-10(5-8)15(2)12(16)7-17-11/h3-5,9,14H,6-7,13H2,1-2H3. The molecule has 1 amide bonds. The van der Waals surface area contributed by atoms with Crippen LogP contribution in [0.25, 0.3) is 0 Å². The van der Waals surface area contributed by atoms with Gasteiger partial charge in [0.05, 0.1) is 5.69 Å². The number of ether oxygens (including phenoxy) is 1. The van der Waals surface area contributed by atoms with Crippen LogP contribution in [0.2, 0.25) is 0 Å². The second-order valence-corrected chi connectivity index (χ2v) is 4.05. The van der Waals surface area contributed by atoms with E-state index in [2.05, 4.69) is 5.32 Å². The van der Waals surface area contributed by atoms with Gasteiger partial charge >= 0.3 is 0 Å². The maximum absolute atomic E-state index is 11.5. The first-order valence-electron chi connectivity index (χ1n) is 5.58. The lowest BCUT2D eigenvalue weighted by Crippen LogP contribution is -2.35. The molecule has 1 aliphatic rings. The fourth-order valence-corrected chi connectivity index (χ4v) is 1.93. The Bertz CT molecular complexity index is 430. The second-order valence-electron chi connectivity index (χ2n) is 4.05. The number of rotatable bonds is 3. The Kier molecular flexibility index (Phi) is 3.31. The quantitative estimate of drug-likeness (QED) is 0.788. The summed E-state index contributed by atoms with van der Waals surface area (Å²) in [5.41, 5.74) is 7.53. The third-order valence-electron chi connectivity index (χ3n) is 3.06. The number of nitrogens with two attached hydrogens (primary N) is 1. The second kappa shape index (κ2) is 4.73. The van der Waals surface area contributed by atoms with Crippen molar-refractivity contribution in [3.05, 3.63) is 23.8 Å². The molecule has 0 bridgehead atoms. The Balaban J connectivity index is 2.38. The molecule has 1 aromatic carbocycles. The normalized spacial score (nSPS) is 16.4. The van der Waals surface area contributed by atoms with Gasteiger partial charge in [0.15, 0.2) is 6.61 Å². The minimum atomic E-state index is -0.0385. The van der Waals surface area contributed by atoms with E-state index < -0.39 is 0 Å². The Morgan fingerprint density at radius 2 is 2.35 bits per heavy atom. The number of amides is 1. The first-order chi connectivity index (χ1) is 8.17. The van der Waals surface area contributed by atoms with Gasteiger partial charge in [-0.05, 0) is 24.7 Å². The Morgan fingerprint density at radius 1 is 1.59 bits per heavy atom. The van der Waals surface area contributed by atoms with Crippen LogP contribution in [0.3, 0.4) is 0 Å². The number of fused-ring (bicyclic) bond motifs is 1. The number of nitrogens with zero attached hydrogens (tertiary/aromatic N) is 1. The Morgan fingerprint density at radius 3 is 3.00 bits per heavy atom. The number of hydrogen-bond acceptors (Lipinski definition) is 4. The highest BCUT2D eigenvalue weighted by atomic mass is 16.5. The van der Waals surface area contributed by atoms with Crippen molar-refractivity contribution >= 4 is 11.6 Å². The molecule has 1 unspecified atom stereocenters. The molecule has 0 fully saturated rings. The summed E-state index contributed by atoms with van der Waals surface area (Å²) >= 11 is 0. The van der Waals surface area contributed by atoms with Gasteiger partial charge in [-0.3, -0.25) is 4.79 Å². The summed E-state index contributed by atoms with van der Waals surface area (Å²) in [7, 11) is 3.62. The molecule has 0 saturated heterocycles. The average molecular weight is 235 g/mol. The predicted octanol–water partition coefficient (Wildman–Crippen LogP) is 0.261. The van der Waals surface area contributed by atoms with Gasteiger partial charge in [-0.15, -0.1) is 0 Å². The lowest BCUT2D eigenvalue weighted by atomic mass is 10.0. The van der Waals surface area contributed by atoms with Crippen molar-refractivity contribution in [2.24, 2.45) is 5.73 Å². The molecule has 5 heteroatoms. The van der Waals surface area contributed by atoms with E-state index in [4.69, 9.17) is 10.5 Å². The zero-order valence-corrected chi connectivity index (χ0v) is 10.1. The van der Waals surface area contributed by atoms with E-state index in [1.807, 2.05) is 25.2 Å². The largest absolute Gasteiger partial charge is 0.482 e. The van der Waals surface area contributed by atoms with Crippen LogP contribution in [0.15, 0.2) is 18.2 Å². The summed E-state index contributed by atoms with van der Waals surface area (Å²) in [5.74, 6) is 0.700. The van der Waals surface area contributed by atoms with E-state index in [0.717, 1.165) is 17.0 Å². The summed E-state index contributed by atoms with van der Waals surface area (Å²) < 4.78 is 5.37. The van der Waals surface area contributed by atoms with Crippen molar-refractivity contribution in [2.45, 2.75) is 6.04 Å². The highest BCUT2D eigenvalue weighted by Crippen LogP contribution is 2.33. The molecule has 2 rings (SSSR count). The molecule has 0 saturated carbocycles. The maximum atomic E-state index is 11.5. The molecule has 0 radical (unpaired) electrons. The van der Waals surface area contributed by atoms with Gasteiger partial charge in [-0.1, -0.05) is 6.07 Å². The molecule has 17 heavy (non-hydrogen) atoms. The molecule has 1 aromatic rings. The fourth-order valence-electron chi connectivity index (χ4n) is 1.93. The zero-order chi connectivity index (χ0) is 12.4. The van der Waals surface area contributed by atoms with Gasteiger partial charge in [0, 0.05) is 19.6 Å². The van der Waals surface area contributed by atoms with E-state index in [1.165, 1.54) is 0 Å². The molecule has 5 nitrogen and oxygen atoms in total. The molecular weight excluding hydrogens is 218 g/mol. The average Bonchev–Trinajstić information content (AvgIpc) is 2.36. The highest BCUT2D eigenvalue weighted by Gasteiger charge is 2.23. The molecule has 0 spiro atoms. The van der Waals surface area contributed by atoms with E-state index in [-0.39, 0.29) is 18.6 Å². The monoisotopic (exact) mass is 235 g/mol. The lowest BCUT2D eigenvalue weighted by molar-refractivity contribution is -0.120. The Hall–Kier alpha value is -1.59. The molecule has 1 aliphatic heterocycles. The summed E-state index contributed by atoms with van der Waals surface area (Å²) in [6.07, 6.45) is 0. The van der Waals surface area contributed by atoms with Crippen LogP contribution >= 0.6 is 0 Å². The highest BCUT2D eigenvalue weighted by molar-refractivity contribution is 5.97. The first-order valence-corrected chi connectivity index (χ1v) is 5.58. The minimum absolute atomic E-state index is 0.0385. The van der Waals surface area contributed by atoms with Crippen LogP contribution in [-0.4, -0.2) is 33.2 Å². The number of likely N-dealkylation sites (N-methyl/N-ethyl adjacent to an activating group) is 2. The van der Waals surface area contributed by atoms with Gasteiger partial charge in [0.25, 0.3) is 5.91 Å². The molecule has 0 aliphatic carbocycles. The third kappa shape index (κ3) is 2.11. The van der Waals surface area contributed by atoms with Gasteiger partial charge in [0.2, 0.25) is 0 Å². The topological polar surface area (TPSA) is 67.6 Å². The molecule has 1 heterocycles. The number of anilines is 1. The summed E-state index contributed by atoms with van der Waals surface area (Å²) in [5, 5.41) is 3.13. The van der Waals surface area contributed by atoms with Crippen molar-refractivity contribution in [3.63, 3.8) is 0 Å². The zero-order valence-electron chi connectivity index (χ0n) is 10.1. The van der Waals surface area contributed by atoms with Crippen molar-refractivity contribution < 1.29 is 9.53 Å². The molecule has 3 N–H and O–H groups in total. The number of benzene rings is 1. The van der Waals surface area contributed by atoms with Gasteiger partial charge < -0.3 is 20.7 Å². The van der Waals surface area contributed by atoms with Crippen LogP contribution in [0.1, 0.15) is 11.6 Å². The predicted molar refractivity (Wildman–Crippen MR) is 66.2 cm³/mol. The minimum Gasteiger partial charge on any atom is -0.482 e. The van der Waals surface area contributed by atoms with Crippen molar-refractivity contribution in [1.29, 1.82) is 0 Å². The number of hydrogen-bond donors (Lipinski definition) is 2. The van der Waals surface area contributed by atoms with Crippen LogP contribution in [0.5, 0.6) is 5.75 Å². The van der Waals surface area contributed by atoms with Gasteiger partial charge in [-0.25, -0.2) is 0 Å². The van der Waals surface area contributed by atoms with Crippen LogP contribution in [0.4, 0.5) is 5.69 Å². The number of nitrogens with one attached hydrogen (secondary N) is 1.